The van der Waals surface area contributed by atoms with Crippen molar-refractivity contribution in [3.63, 3.8) is 0 Å². The molecule has 0 radical (unpaired) electrons. The third-order valence-corrected chi connectivity index (χ3v) is 4.09. The van der Waals surface area contributed by atoms with Crippen LogP contribution in [0.5, 0.6) is 0 Å². The summed E-state index contributed by atoms with van der Waals surface area (Å²) in [7, 11) is -0.801. The van der Waals surface area contributed by atoms with Gasteiger partial charge in [0.25, 0.3) is 0 Å². The van der Waals surface area contributed by atoms with E-state index in [1.54, 1.807) is 13.2 Å². The van der Waals surface area contributed by atoms with Crippen molar-refractivity contribution in [3.8, 4) is 0 Å². The molecule has 0 bridgehead atoms. The van der Waals surface area contributed by atoms with E-state index in [1.807, 2.05) is 13.8 Å². The first-order chi connectivity index (χ1) is 6.86. The van der Waals surface area contributed by atoms with Crippen LogP contribution in [0, 0.1) is 5.92 Å². The van der Waals surface area contributed by atoms with E-state index in [0.717, 1.165) is 6.42 Å². The standard InChI is InChI=1S/C10H21NO3S/c1-7(15(4)14)5-6-11-9(3)8(2)10(12)13/h7-9,11H,5-6H2,1-4H3,(H,12,13). The van der Waals surface area contributed by atoms with E-state index < -0.39 is 22.7 Å². The number of carboxylic acid groups (broad SMARTS) is 1. The molecule has 0 aliphatic carbocycles. The zero-order valence-corrected chi connectivity index (χ0v) is 10.6. The number of carbonyl (C=O) groups is 1. The molecule has 4 atom stereocenters. The second kappa shape index (κ2) is 6.95. The zero-order valence-electron chi connectivity index (χ0n) is 9.82. The first kappa shape index (κ1) is 14.6. The number of carboxylic acids is 1. The summed E-state index contributed by atoms with van der Waals surface area (Å²) < 4.78 is 11.1. The summed E-state index contributed by atoms with van der Waals surface area (Å²) in [5.74, 6) is -1.19. The minimum absolute atomic E-state index is 0.0556. The van der Waals surface area contributed by atoms with Gasteiger partial charge < -0.3 is 10.4 Å². The fourth-order valence-corrected chi connectivity index (χ4v) is 1.52. The van der Waals surface area contributed by atoms with E-state index >= 15 is 0 Å². The minimum Gasteiger partial charge on any atom is -0.481 e. The summed E-state index contributed by atoms with van der Waals surface area (Å²) in [6.45, 7) is 6.18. The number of hydrogen-bond acceptors (Lipinski definition) is 3. The van der Waals surface area contributed by atoms with E-state index in [-0.39, 0.29) is 11.3 Å². The van der Waals surface area contributed by atoms with Crippen LogP contribution in [0.2, 0.25) is 0 Å². The van der Waals surface area contributed by atoms with Crippen molar-refractivity contribution in [2.75, 3.05) is 12.8 Å². The van der Waals surface area contributed by atoms with Gasteiger partial charge in [0.1, 0.15) is 0 Å². The molecule has 0 fully saturated rings. The lowest BCUT2D eigenvalue weighted by Crippen LogP contribution is -2.37. The molecule has 0 saturated carbocycles. The van der Waals surface area contributed by atoms with Gasteiger partial charge in [-0.05, 0) is 19.9 Å². The smallest absolute Gasteiger partial charge is 0.307 e. The Morgan fingerprint density at radius 1 is 1.40 bits per heavy atom. The Hall–Kier alpha value is -0.420. The summed E-state index contributed by atoms with van der Waals surface area (Å²) in [4.78, 5) is 10.7. The summed E-state index contributed by atoms with van der Waals surface area (Å²) in [5.41, 5.74) is 0. The lowest BCUT2D eigenvalue weighted by molar-refractivity contribution is -0.141. The third kappa shape index (κ3) is 5.89. The highest BCUT2D eigenvalue weighted by atomic mass is 32.2. The van der Waals surface area contributed by atoms with E-state index in [9.17, 15) is 9.00 Å². The summed E-state index contributed by atoms with van der Waals surface area (Å²) in [6, 6.07) is -0.0556. The molecule has 90 valence electrons. The molecule has 0 saturated heterocycles. The predicted octanol–water partition coefficient (Wildman–Crippen LogP) is 0.842. The summed E-state index contributed by atoms with van der Waals surface area (Å²) in [6.07, 6.45) is 2.49. The van der Waals surface area contributed by atoms with Crippen molar-refractivity contribution in [3.05, 3.63) is 0 Å². The highest BCUT2D eigenvalue weighted by Crippen LogP contribution is 2.03. The molecule has 0 aromatic carbocycles. The van der Waals surface area contributed by atoms with Crippen molar-refractivity contribution in [2.24, 2.45) is 5.92 Å². The van der Waals surface area contributed by atoms with Crippen LogP contribution in [0.4, 0.5) is 0 Å². The molecule has 2 N–H and O–H groups in total. The van der Waals surface area contributed by atoms with Gasteiger partial charge in [-0.25, -0.2) is 0 Å². The van der Waals surface area contributed by atoms with Gasteiger partial charge >= 0.3 is 5.97 Å². The molecule has 0 aliphatic heterocycles. The normalized spacial score (nSPS) is 19.2. The number of hydrogen-bond donors (Lipinski definition) is 2. The van der Waals surface area contributed by atoms with Gasteiger partial charge in [0, 0.05) is 28.3 Å². The topological polar surface area (TPSA) is 66.4 Å². The first-order valence-corrected chi connectivity index (χ1v) is 6.76. The second-order valence-electron chi connectivity index (χ2n) is 3.97. The summed E-state index contributed by atoms with van der Waals surface area (Å²) >= 11 is 0. The van der Waals surface area contributed by atoms with Gasteiger partial charge in [0.15, 0.2) is 0 Å². The average molecular weight is 235 g/mol. The van der Waals surface area contributed by atoms with Crippen LogP contribution in [0.15, 0.2) is 0 Å². The molecule has 5 heteroatoms. The van der Waals surface area contributed by atoms with Gasteiger partial charge in [0.05, 0.1) is 5.92 Å². The Morgan fingerprint density at radius 3 is 2.33 bits per heavy atom. The fourth-order valence-electron chi connectivity index (χ4n) is 1.07. The van der Waals surface area contributed by atoms with Crippen LogP contribution in [-0.2, 0) is 15.6 Å². The summed E-state index contributed by atoms with van der Waals surface area (Å²) in [5, 5.41) is 12.1. The Balaban J connectivity index is 3.77. The van der Waals surface area contributed by atoms with Crippen LogP contribution in [-0.4, -0.2) is 39.4 Å². The maximum atomic E-state index is 11.1. The molecule has 0 aromatic heterocycles. The minimum atomic E-state index is -0.801. The average Bonchev–Trinajstić information content (AvgIpc) is 2.15. The van der Waals surface area contributed by atoms with E-state index in [2.05, 4.69) is 5.32 Å². The van der Waals surface area contributed by atoms with Crippen molar-refractivity contribution in [1.29, 1.82) is 0 Å². The number of rotatable bonds is 7. The highest BCUT2D eigenvalue weighted by Gasteiger charge is 2.18. The van der Waals surface area contributed by atoms with Gasteiger partial charge in [-0.1, -0.05) is 13.8 Å². The largest absolute Gasteiger partial charge is 0.481 e. The van der Waals surface area contributed by atoms with Crippen LogP contribution >= 0.6 is 0 Å². The molecule has 15 heavy (non-hydrogen) atoms. The van der Waals surface area contributed by atoms with Crippen molar-refractivity contribution in [1.82, 2.24) is 5.32 Å². The predicted molar refractivity (Wildman–Crippen MR) is 62.4 cm³/mol. The van der Waals surface area contributed by atoms with Crippen LogP contribution in [0.25, 0.3) is 0 Å². The second-order valence-corrected chi connectivity index (χ2v) is 5.77. The Kier molecular flexibility index (Phi) is 6.76. The molecule has 0 amide bonds. The molecule has 0 aliphatic rings. The maximum Gasteiger partial charge on any atom is 0.307 e. The SMILES string of the molecule is CC(NCCC(C)S(C)=O)C(C)C(=O)O. The van der Waals surface area contributed by atoms with Crippen molar-refractivity contribution < 1.29 is 14.1 Å². The Labute approximate surface area is 93.9 Å². The fraction of sp³-hybridized carbons (Fsp3) is 0.900. The molecule has 4 unspecified atom stereocenters. The van der Waals surface area contributed by atoms with Gasteiger partial charge in [-0.2, -0.15) is 0 Å². The number of aliphatic carboxylic acids is 1. The molecular weight excluding hydrogens is 214 g/mol. The van der Waals surface area contributed by atoms with Crippen LogP contribution < -0.4 is 5.32 Å². The molecule has 0 heterocycles. The Morgan fingerprint density at radius 2 is 1.93 bits per heavy atom. The quantitative estimate of drug-likeness (QED) is 0.686. The maximum absolute atomic E-state index is 11.1. The lowest BCUT2D eigenvalue weighted by Gasteiger charge is -2.18. The van der Waals surface area contributed by atoms with Gasteiger partial charge in [-0.15, -0.1) is 0 Å². The van der Waals surface area contributed by atoms with E-state index in [4.69, 9.17) is 5.11 Å². The van der Waals surface area contributed by atoms with Crippen molar-refractivity contribution >= 4 is 16.8 Å². The van der Waals surface area contributed by atoms with E-state index in [0.29, 0.717) is 6.54 Å². The molecule has 4 nitrogen and oxygen atoms in total. The third-order valence-electron chi connectivity index (χ3n) is 2.72. The van der Waals surface area contributed by atoms with E-state index in [1.165, 1.54) is 0 Å². The monoisotopic (exact) mass is 235 g/mol. The zero-order chi connectivity index (χ0) is 12.0. The Bertz CT molecular complexity index is 233. The molecule has 0 spiro atoms. The van der Waals surface area contributed by atoms with Gasteiger partial charge in [-0.3, -0.25) is 9.00 Å². The first-order valence-electron chi connectivity index (χ1n) is 5.14. The van der Waals surface area contributed by atoms with Crippen LogP contribution in [0.1, 0.15) is 27.2 Å². The van der Waals surface area contributed by atoms with Crippen molar-refractivity contribution in [2.45, 2.75) is 38.5 Å². The molecule has 0 rings (SSSR count). The molecule has 0 aromatic rings. The van der Waals surface area contributed by atoms with Crippen LogP contribution in [0.3, 0.4) is 0 Å². The van der Waals surface area contributed by atoms with Gasteiger partial charge in [0.2, 0.25) is 0 Å². The number of nitrogens with one attached hydrogen (secondary N) is 1. The lowest BCUT2D eigenvalue weighted by atomic mass is 10.0. The highest BCUT2D eigenvalue weighted by molar-refractivity contribution is 7.84. The molecular formula is C10H21NO3S.